The van der Waals surface area contributed by atoms with Gasteiger partial charge in [0.15, 0.2) is 0 Å². The van der Waals surface area contributed by atoms with Crippen molar-refractivity contribution in [3.05, 3.63) is 34.9 Å². The zero-order valence-electron chi connectivity index (χ0n) is 12.4. The third-order valence-corrected chi connectivity index (χ3v) is 5.11. The standard InChI is InChI=1S/C17H23ClN2O/c18-15-5-2-1-4-14(15)16-6-3-11-20(16)17(21)8-7-13-9-10-19-12-13/h1-2,4-5,13,16,19H,3,6-12H2. The minimum atomic E-state index is 0.174. The number of carbonyl (C=O) groups excluding carboxylic acids is 1. The molecule has 0 bridgehead atoms. The Hall–Kier alpha value is -1.06. The number of carbonyl (C=O) groups is 1. The van der Waals surface area contributed by atoms with Gasteiger partial charge < -0.3 is 10.2 Å². The zero-order valence-corrected chi connectivity index (χ0v) is 13.1. The maximum atomic E-state index is 12.6. The van der Waals surface area contributed by atoms with Crippen molar-refractivity contribution in [1.82, 2.24) is 10.2 Å². The third kappa shape index (κ3) is 3.41. The highest BCUT2D eigenvalue weighted by Gasteiger charge is 2.31. The number of nitrogens with zero attached hydrogens (tertiary/aromatic N) is 1. The zero-order chi connectivity index (χ0) is 14.7. The third-order valence-electron chi connectivity index (χ3n) is 4.77. The molecule has 1 N–H and O–H groups in total. The summed E-state index contributed by atoms with van der Waals surface area (Å²) < 4.78 is 0. The van der Waals surface area contributed by atoms with E-state index in [2.05, 4.69) is 11.4 Å². The number of hydrogen-bond acceptors (Lipinski definition) is 2. The number of nitrogens with one attached hydrogen (secondary N) is 1. The lowest BCUT2D eigenvalue weighted by Gasteiger charge is -2.26. The number of likely N-dealkylation sites (tertiary alicyclic amines) is 1. The Balaban J connectivity index is 1.63. The van der Waals surface area contributed by atoms with Crippen LogP contribution in [0, 0.1) is 5.92 Å². The Kier molecular flexibility index (Phi) is 4.81. The van der Waals surface area contributed by atoms with Crippen molar-refractivity contribution in [1.29, 1.82) is 0 Å². The molecule has 2 aliphatic heterocycles. The molecule has 1 amide bonds. The van der Waals surface area contributed by atoms with Crippen LogP contribution in [0.25, 0.3) is 0 Å². The number of hydrogen-bond donors (Lipinski definition) is 1. The number of rotatable bonds is 4. The van der Waals surface area contributed by atoms with E-state index in [1.54, 1.807) is 0 Å². The van der Waals surface area contributed by atoms with E-state index in [1.165, 1.54) is 6.42 Å². The van der Waals surface area contributed by atoms with Gasteiger partial charge in [0.25, 0.3) is 0 Å². The van der Waals surface area contributed by atoms with Crippen LogP contribution in [0.5, 0.6) is 0 Å². The molecule has 4 heteroatoms. The largest absolute Gasteiger partial charge is 0.336 e. The molecule has 2 aliphatic rings. The lowest BCUT2D eigenvalue weighted by Crippen LogP contribution is -2.31. The first-order valence-corrected chi connectivity index (χ1v) is 8.38. The smallest absolute Gasteiger partial charge is 0.223 e. The van der Waals surface area contributed by atoms with Gasteiger partial charge in [0.2, 0.25) is 5.91 Å². The second-order valence-corrected chi connectivity index (χ2v) is 6.57. The van der Waals surface area contributed by atoms with Gasteiger partial charge in [-0.2, -0.15) is 0 Å². The van der Waals surface area contributed by atoms with Gasteiger partial charge in [-0.05, 0) is 56.3 Å². The molecule has 0 radical (unpaired) electrons. The molecule has 2 saturated heterocycles. The van der Waals surface area contributed by atoms with Crippen molar-refractivity contribution in [3.8, 4) is 0 Å². The SMILES string of the molecule is O=C(CCC1CCNC1)N1CCCC1c1ccccc1Cl. The molecule has 1 aromatic rings. The normalized spacial score (nSPS) is 25.5. The predicted octanol–water partition coefficient (Wildman–Crippen LogP) is 3.39. The first-order valence-electron chi connectivity index (χ1n) is 8.00. The average Bonchev–Trinajstić information content (AvgIpc) is 3.16. The molecular weight excluding hydrogens is 284 g/mol. The molecule has 114 valence electrons. The first kappa shape index (κ1) is 14.9. The van der Waals surface area contributed by atoms with Gasteiger partial charge in [0.05, 0.1) is 6.04 Å². The Morgan fingerprint density at radius 3 is 2.95 bits per heavy atom. The number of amides is 1. The summed E-state index contributed by atoms with van der Waals surface area (Å²) in [6, 6.07) is 8.10. The minimum absolute atomic E-state index is 0.174. The van der Waals surface area contributed by atoms with Crippen molar-refractivity contribution < 1.29 is 4.79 Å². The van der Waals surface area contributed by atoms with Gasteiger partial charge in [-0.3, -0.25) is 4.79 Å². The Morgan fingerprint density at radius 1 is 1.33 bits per heavy atom. The highest BCUT2D eigenvalue weighted by molar-refractivity contribution is 6.31. The summed E-state index contributed by atoms with van der Waals surface area (Å²) in [4.78, 5) is 14.6. The molecule has 0 aliphatic carbocycles. The molecule has 2 fully saturated rings. The summed E-state index contributed by atoms with van der Waals surface area (Å²) in [6.07, 6.45) is 5.00. The van der Waals surface area contributed by atoms with Gasteiger partial charge in [0.1, 0.15) is 0 Å². The Bertz CT molecular complexity index is 499. The predicted molar refractivity (Wildman–Crippen MR) is 85.4 cm³/mol. The molecule has 3 rings (SSSR count). The lowest BCUT2D eigenvalue weighted by molar-refractivity contribution is -0.132. The summed E-state index contributed by atoms with van der Waals surface area (Å²) in [5.41, 5.74) is 1.10. The van der Waals surface area contributed by atoms with Crippen LogP contribution in [0.1, 0.15) is 43.7 Å². The molecule has 1 aromatic carbocycles. The van der Waals surface area contributed by atoms with Crippen LogP contribution in [0.3, 0.4) is 0 Å². The summed E-state index contributed by atoms with van der Waals surface area (Å²) in [5, 5.41) is 4.15. The maximum Gasteiger partial charge on any atom is 0.223 e. The van der Waals surface area contributed by atoms with Gasteiger partial charge in [-0.15, -0.1) is 0 Å². The minimum Gasteiger partial charge on any atom is -0.336 e. The summed E-state index contributed by atoms with van der Waals surface area (Å²) in [7, 11) is 0. The van der Waals surface area contributed by atoms with E-state index in [4.69, 9.17) is 11.6 Å². The highest BCUT2D eigenvalue weighted by atomic mass is 35.5. The van der Waals surface area contributed by atoms with Crippen molar-refractivity contribution in [3.63, 3.8) is 0 Å². The topological polar surface area (TPSA) is 32.3 Å². The van der Waals surface area contributed by atoms with E-state index in [1.807, 2.05) is 23.1 Å². The van der Waals surface area contributed by atoms with Crippen LogP contribution in [0.15, 0.2) is 24.3 Å². The van der Waals surface area contributed by atoms with Crippen LogP contribution in [-0.4, -0.2) is 30.4 Å². The average molecular weight is 307 g/mol. The Labute approximate surface area is 131 Å². The van der Waals surface area contributed by atoms with E-state index < -0.39 is 0 Å². The van der Waals surface area contributed by atoms with Gasteiger partial charge in [-0.25, -0.2) is 0 Å². The van der Waals surface area contributed by atoms with Crippen LogP contribution in [0.2, 0.25) is 5.02 Å². The summed E-state index contributed by atoms with van der Waals surface area (Å²) in [6.45, 7) is 3.05. The molecule has 2 atom stereocenters. The molecule has 0 spiro atoms. The van der Waals surface area contributed by atoms with Gasteiger partial charge in [-0.1, -0.05) is 29.8 Å². The van der Waals surface area contributed by atoms with Gasteiger partial charge >= 0.3 is 0 Å². The number of benzene rings is 1. The van der Waals surface area contributed by atoms with E-state index in [0.29, 0.717) is 18.2 Å². The number of halogens is 1. The molecular formula is C17H23ClN2O. The van der Waals surface area contributed by atoms with E-state index in [-0.39, 0.29) is 6.04 Å². The molecule has 2 heterocycles. The molecule has 21 heavy (non-hydrogen) atoms. The molecule has 0 aromatic heterocycles. The van der Waals surface area contributed by atoms with E-state index in [9.17, 15) is 4.79 Å². The van der Waals surface area contributed by atoms with Crippen LogP contribution >= 0.6 is 11.6 Å². The first-order chi connectivity index (χ1) is 10.3. The molecule has 3 nitrogen and oxygen atoms in total. The van der Waals surface area contributed by atoms with Crippen LogP contribution in [0.4, 0.5) is 0 Å². The van der Waals surface area contributed by atoms with Crippen molar-refractivity contribution in [2.24, 2.45) is 5.92 Å². The second kappa shape index (κ2) is 6.80. The van der Waals surface area contributed by atoms with Crippen molar-refractivity contribution in [2.45, 2.75) is 38.1 Å². The highest BCUT2D eigenvalue weighted by Crippen LogP contribution is 2.36. The summed E-state index contributed by atoms with van der Waals surface area (Å²) in [5.74, 6) is 0.972. The summed E-state index contributed by atoms with van der Waals surface area (Å²) >= 11 is 6.31. The van der Waals surface area contributed by atoms with Gasteiger partial charge in [0, 0.05) is 18.0 Å². The fraction of sp³-hybridized carbons (Fsp3) is 0.588. The fourth-order valence-corrected chi connectivity index (χ4v) is 3.83. The molecule has 0 saturated carbocycles. The van der Waals surface area contributed by atoms with Crippen molar-refractivity contribution in [2.75, 3.05) is 19.6 Å². The van der Waals surface area contributed by atoms with E-state index >= 15 is 0 Å². The monoisotopic (exact) mass is 306 g/mol. The lowest BCUT2D eigenvalue weighted by atomic mass is 10.0. The van der Waals surface area contributed by atoms with E-state index in [0.717, 1.165) is 49.5 Å². The van der Waals surface area contributed by atoms with Crippen molar-refractivity contribution >= 4 is 17.5 Å². The van der Waals surface area contributed by atoms with Crippen LogP contribution in [-0.2, 0) is 4.79 Å². The second-order valence-electron chi connectivity index (χ2n) is 6.16. The van der Waals surface area contributed by atoms with Crippen LogP contribution < -0.4 is 5.32 Å². The molecule has 2 unspecified atom stereocenters. The quantitative estimate of drug-likeness (QED) is 0.925. The maximum absolute atomic E-state index is 12.6. The Morgan fingerprint density at radius 2 is 2.19 bits per heavy atom. The fourth-order valence-electron chi connectivity index (χ4n) is 3.57.